The maximum Gasteiger partial charge on any atom is 0.315 e. The molecule has 6 nitrogen and oxygen atoms in total. The molecule has 2 aromatic rings. The van der Waals surface area contributed by atoms with E-state index in [1.165, 1.54) is 0 Å². The molecule has 0 bridgehead atoms. The molecule has 21 heavy (non-hydrogen) atoms. The summed E-state index contributed by atoms with van der Waals surface area (Å²) in [4.78, 5) is 0. The summed E-state index contributed by atoms with van der Waals surface area (Å²) in [7, 11) is 3.23. The minimum Gasteiger partial charge on any atom is -0.493 e. The zero-order valence-electron chi connectivity index (χ0n) is 12.2. The van der Waals surface area contributed by atoms with Gasteiger partial charge in [0.25, 0.3) is 0 Å². The Balaban J connectivity index is 1.90. The van der Waals surface area contributed by atoms with E-state index in [0.29, 0.717) is 29.9 Å². The molecule has 0 radical (unpaired) electrons. The van der Waals surface area contributed by atoms with Crippen LogP contribution in [0.3, 0.4) is 0 Å². The summed E-state index contributed by atoms with van der Waals surface area (Å²) in [5.41, 5.74) is 1.12. The normalized spacial score (nSPS) is 12.0. The van der Waals surface area contributed by atoms with E-state index in [4.69, 9.17) is 25.5 Å². The zero-order valence-corrected chi connectivity index (χ0v) is 13.0. The Kier molecular flexibility index (Phi) is 5.27. The molecule has 0 aliphatic rings. The van der Waals surface area contributed by atoms with Gasteiger partial charge in [0.1, 0.15) is 5.38 Å². The van der Waals surface area contributed by atoms with Gasteiger partial charge in [0.05, 0.1) is 14.2 Å². The molecule has 0 saturated heterocycles. The highest BCUT2D eigenvalue weighted by atomic mass is 35.5. The predicted octanol–water partition coefficient (Wildman–Crippen LogP) is 3.04. The molecule has 0 aliphatic heterocycles. The zero-order chi connectivity index (χ0) is 15.2. The van der Waals surface area contributed by atoms with Crippen LogP contribution in [0.15, 0.2) is 22.6 Å². The average Bonchev–Trinajstić information content (AvgIpc) is 2.96. The van der Waals surface area contributed by atoms with Crippen molar-refractivity contribution in [2.75, 3.05) is 26.1 Å². The lowest BCUT2D eigenvalue weighted by atomic mass is 10.1. The van der Waals surface area contributed by atoms with Crippen molar-refractivity contribution in [2.24, 2.45) is 0 Å². The molecule has 0 amide bonds. The monoisotopic (exact) mass is 311 g/mol. The number of anilines is 1. The fraction of sp³-hybridized carbons (Fsp3) is 0.429. The van der Waals surface area contributed by atoms with Crippen molar-refractivity contribution >= 4 is 17.6 Å². The second-order valence-electron chi connectivity index (χ2n) is 4.43. The van der Waals surface area contributed by atoms with E-state index < -0.39 is 0 Å². The van der Waals surface area contributed by atoms with Gasteiger partial charge >= 0.3 is 6.01 Å². The second kappa shape index (κ2) is 7.17. The molecule has 0 saturated carbocycles. The molecule has 1 N–H and O–H groups in total. The van der Waals surface area contributed by atoms with Crippen LogP contribution in [-0.2, 0) is 6.42 Å². The largest absolute Gasteiger partial charge is 0.493 e. The molecular weight excluding hydrogens is 294 g/mol. The van der Waals surface area contributed by atoms with Crippen LogP contribution < -0.4 is 14.8 Å². The van der Waals surface area contributed by atoms with Gasteiger partial charge in [0.15, 0.2) is 11.5 Å². The summed E-state index contributed by atoms with van der Waals surface area (Å²) in [6.07, 6.45) is 0.786. The summed E-state index contributed by atoms with van der Waals surface area (Å²) < 4.78 is 15.8. The lowest BCUT2D eigenvalue weighted by Crippen LogP contribution is -2.05. The van der Waals surface area contributed by atoms with Crippen molar-refractivity contribution in [3.8, 4) is 11.5 Å². The predicted molar refractivity (Wildman–Crippen MR) is 80.3 cm³/mol. The molecule has 2 rings (SSSR count). The van der Waals surface area contributed by atoms with Crippen molar-refractivity contribution in [2.45, 2.75) is 18.7 Å². The maximum atomic E-state index is 5.86. The first-order valence-electron chi connectivity index (χ1n) is 6.56. The first-order valence-corrected chi connectivity index (χ1v) is 7.00. The molecule has 1 unspecified atom stereocenters. The van der Waals surface area contributed by atoms with Gasteiger partial charge in [-0.15, -0.1) is 16.7 Å². The van der Waals surface area contributed by atoms with Crippen LogP contribution in [-0.4, -0.2) is 31.0 Å². The number of aromatic nitrogens is 2. The number of halogens is 1. The summed E-state index contributed by atoms with van der Waals surface area (Å²) >= 11 is 5.86. The van der Waals surface area contributed by atoms with Crippen LogP contribution in [0, 0.1) is 0 Å². The van der Waals surface area contributed by atoms with Crippen molar-refractivity contribution in [1.82, 2.24) is 10.2 Å². The van der Waals surface area contributed by atoms with Crippen LogP contribution in [0.5, 0.6) is 11.5 Å². The van der Waals surface area contributed by atoms with Gasteiger partial charge in [-0.1, -0.05) is 11.2 Å². The van der Waals surface area contributed by atoms with Gasteiger partial charge in [-0.3, -0.25) is 0 Å². The van der Waals surface area contributed by atoms with Crippen molar-refractivity contribution in [3.63, 3.8) is 0 Å². The number of rotatable bonds is 7. The molecule has 1 aromatic carbocycles. The minimum atomic E-state index is -0.293. The Morgan fingerprint density at radius 1 is 1.24 bits per heavy atom. The lowest BCUT2D eigenvalue weighted by Gasteiger charge is -2.09. The van der Waals surface area contributed by atoms with Crippen molar-refractivity contribution < 1.29 is 13.9 Å². The van der Waals surface area contributed by atoms with Crippen LogP contribution in [0.1, 0.15) is 23.8 Å². The Morgan fingerprint density at radius 2 is 2.00 bits per heavy atom. The summed E-state index contributed by atoms with van der Waals surface area (Å²) in [6, 6.07) is 6.19. The first kappa shape index (κ1) is 15.4. The molecule has 0 aliphatic carbocycles. The number of alkyl halides is 1. The number of ether oxygens (including phenoxy) is 2. The molecule has 0 spiro atoms. The van der Waals surface area contributed by atoms with E-state index in [9.17, 15) is 0 Å². The van der Waals surface area contributed by atoms with E-state index in [1.807, 2.05) is 18.2 Å². The van der Waals surface area contributed by atoms with Gasteiger partial charge in [-0.25, -0.2) is 0 Å². The topological polar surface area (TPSA) is 69.4 Å². The SMILES string of the molecule is COc1ccc(CCNc2nnc(C(C)Cl)o2)cc1OC. The summed E-state index contributed by atoms with van der Waals surface area (Å²) in [6.45, 7) is 2.44. The van der Waals surface area contributed by atoms with E-state index in [0.717, 1.165) is 12.0 Å². The average molecular weight is 312 g/mol. The number of hydrogen-bond acceptors (Lipinski definition) is 6. The van der Waals surface area contributed by atoms with Crippen LogP contribution in [0.2, 0.25) is 0 Å². The molecular formula is C14H18ClN3O3. The van der Waals surface area contributed by atoms with Gasteiger partial charge < -0.3 is 19.2 Å². The highest BCUT2D eigenvalue weighted by molar-refractivity contribution is 6.20. The number of methoxy groups -OCH3 is 2. The highest BCUT2D eigenvalue weighted by Crippen LogP contribution is 2.27. The van der Waals surface area contributed by atoms with Gasteiger partial charge in [-0.2, -0.15) is 0 Å². The fourth-order valence-corrected chi connectivity index (χ4v) is 1.90. The van der Waals surface area contributed by atoms with E-state index >= 15 is 0 Å². The fourth-order valence-electron chi connectivity index (χ4n) is 1.82. The Hall–Kier alpha value is -1.95. The first-order chi connectivity index (χ1) is 10.1. The minimum absolute atomic E-state index is 0.293. The Morgan fingerprint density at radius 3 is 2.62 bits per heavy atom. The summed E-state index contributed by atoms with van der Waals surface area (Å²) in [5.74, 6) is 1.84. The van der Waals surface area contributed by atoms with Crippen molar-refractivity contribution in [1.29, 1.82) is 0 Å². The number of nitrogens with one attached hydrogen (secondary N) is 1. The van der Waals surface area contributed by atoms with Gasteiger partial charge in [0, 0.05) is 6.54 Å². The third-order valence-electron chi connectivity index (χ3n) is 2.92. The standard InChI is InChI=1S/C14H18ClN3O3/c1-9(15)13-17-18-14(21-13)16-7-6-10-4-5-11(19-2)12(8-10)20-3/h4-5,8-9H,6-7H2,1-3H3,(H,16,18). The molecule has 114 valence electrons. The van der Waals surface area contributed by atoms with Gasteiger partial charge in [-0.05, 0) is 31.0 Å². The van der Waals surface area contributed by atoms with E-state index in [2.05, 4.69) is 15.5 Å². The molecule has 0 fully saturated rings. The van der Waals surface area contributed by atoms with E-state index in [1.54, 1.807) is 21.1 Å². The third-order valence-corrected chi connectivity index (χ3v) is 3.11. The van der Waals surface area contributed by atoms with Crippen LogP contribution in [0.4, 0.5) is 6.01 Å². The maximum absolute atomic E-state index is 5.86. The number of benzene rings is 1. The van der Waals surface area contributed by atoms with Crippen LogP contribution >= 0.6 is 11.6 Å². The molecule has 1 aromatic heterocycles. The van der Waals surface area contributed by atoms with Crippen molar-refractivity contribution in [3.05, 3.63) is 29.7 Å². The highest BCUT2D eigenvalue weighted by Gasteiger charge is 2.10. The lowest BCUT2D eigenvalue weighted by molar-refractivity contribution is 0.354. The second-order valence-corrected chi connectivity index (χ2v) is 5.08. The quantitative estimate of drug-likeness (QED) is 0.793. The molecule has 1 atom stereocenters. The number of nitrogens with zero attached hydrogens (tertiary/aromatic N) is 2. The van der Waals surface area contributed by atoms with Gasteiger partial charge in [0.2, 0.25) is 5.89 Å². The van der Waals surface area contributed by atoms with Crippen LogP contribution in [0.25, 0.3) is 0 Å². The molecule has 7 heteroatoms. The Bertz CT molecular complexity index is 587. The Labute approximate surface area is 128 Å². The smallest absolute Gasteiger partial charge is 0.315 e. The third kappa shape index (κ3) is 4.01. The summed E-state index contributed by atoms with van der Waals surface area (Å²) in [5, 5.41) is 10.5. The molecule has 1 heterocycles. The number of hydrogen-bond donors (Lipinski definition) is 1. The van der Waals surface area contributed by atoms with E-state index in [-0.39, 0.29) is 5.38 Å².